The molecule has 0 aliphatic heterocycles. The van der Waals surface area contributed by atoms with Crippen molar-refractivity contribution in [3.05, 3.63) is 105 Å². The molecule has 0 spiro atoms. The maximum Gasteiger partial charge on any atom is 0.264 e. The highest BCUT2D eigenvalue weighted by Crippen LogP contribution is 2.44. The molecule has 0 amide bonds. The van der Waals surface area contributed by atoms with Gasteiger partial charge in [0.2, 0.25) is 5.95 Å². The lowest BCUT2D eigenvalue weighted by atomic mass is 9.78. The predicted molar refractivity (Wildman–Crippen MR) is 144 cm³/mol. The number of aromatic nitrogens is 2. The Morgan fingerprint density at radius 1 is 1.00 bits per heavy atom. The second-order valence-corrected chi connectivity index (χ2v) is 11.2. The van der Waals surface area contributed by atoms with Crippen molar-refractivity contribution in [1.82, 2.24) is 9.97 Å². The molecule has 4 aromatic rings. The molecule has 1 aliphatic rings. The van der Waals surface area contributed by atoms with Gasteiger partial charge in [-0.15, -0.1) is 0 Å². The molecule has 6 nitrogen and oxygen atoms in total. The summed E-state index contributed by atoms with van der Waals surface area (Å²) in [6.07, 6.45) is 3.51. The van der Waals surface area contributed by atoms with Gasteiger partial charge in [0.05, 0.1) is 11.4 Å². The van der Waals surface area contributed by atoms with E-state index in [0.717, 1.165) is 45.6 Å². The van der Waals surface area contributed by atoms with Crippen LogP contribution in [-0.4, -0.2) is 28.7 Å². The summed E-state index contributed by atoms with van der Waals surface area (Å²) in [5.41, 5.74) is 6.98. The van der Waals surface area contributed by atoms with Gasteiger partial charge in [-0.05, 0) is 65.8 Å². The Labute approximate surface area is 220 Å². The Hall–Kier alpha value is -2.97. The van der Waals surface area contributed by atoms with Crippen LogP contribution in [0.2, 0.25) is 10.0 Å². The van der Waals surface area contributed by atoms with E-state index in [1.165, 1.54) is 0 Å². The van der Waals surface area contributed by atoms with Crippen LogP contribution in [0.15, 0.2) is 72.9 Å². The van der Waals surface area contributed by atoms with Crippen molar-refractivity contribution in [3.63, 3.8) is 0 Å². The molecule has 3 aromatic carbocycles. The molecular weight excluding hydrogens is 517 g/mol. The largest absolute Gasteiger partial charge is 0.324 e. The first-order valence-corrected chi connectivity index (χ1v) is 13.8. The van der Waals surface area contributed by atoms with Crippen LogP contribution < -0.4 is 5.32 Å². The molecule has 5 rings (SSSR count). The Balaban J connectivity index is 1.37. The van der Waals surface area contributed by atoms with E-state index in [0.29, 0.717) is 28.8 Å². The number of fused-ring (bicyclic) bond motifs is 3. The number of hydrogen-bond donors (Lipinski definition) is 2. The topological polar surface area (TPSA) is 92.2 Å². The van der Waals surface area contributed by atoms with Crippen LogP contribution in [0.1, 0.15) is 34.6 Å². The summed E-state index contributed by atoms with van der Waals surface area (Å²) in [6.45, 7) is 0. The summed E-state index contributed by atoms with van der Waals surface area (Å²) >= 11 is 12.7. The normalized spacial score (nSPS) is 14.7. The summed E-state index contributed by atoms with van der Waals surface area (Å²) in [4.78, 5) is 9.40. The smallest absolute Gasteiger partial charge is 0.264 e. The highest BCUT2D eigenvalue weighted by atomic mass is 35.5. The van der Waals surface area contributed by atoms with Gasteiger partial charge in [-0.2, -0.15) is 8.42 Å². The molecule has 0 radical (unpaired) electrons. The maximum atomic E-state index is 10.9. The fraction of sp³-hybridized carbons (Fsp3) is 0.185. The lowest BCUT2D eigenvalue weighted by molar-refractivity contribution is 0.481. The summed E-state index contributed by atoms with van der Waals surface area (Å²) in [7, 11) is -3.94. The molecule has 1 heterocycles. The Bertz CT molecular complexity index is 1530. The van der Waals surface area contributed by atoms with Crippen molar-refractivity contribution < 1.29 is 13.0 Å². The Morgan fingerprint density at radius 2 is 1.78 bits per heavy atom. The van der Waals surface area contributed by atoms with E-state index in [2.05, 4.69) is 22.4 Å². The SMILES string of the molecule is O=S(=O)(O)CCCc1ccc(Nc2ncc3c(n2)-c2ccccc2C(c2ccc(Cl)cc2Cl)C3)cc1. The Morgan fingerprint density at radius 3 is 2.53 bits per heavy atom. The standard InChI is InChI=1S/C27H23Cl2N3O3S/c28-19-9-12-22(25(29)15-19)24-14-18-16-30-27(32-26(18)23-6-2-1-5-21(23)24)31-20-10-7-17(8-11-20)4-3-13-36(33,34)35/h1-2,5-12,15-16,24H,3-4,13-14H2,(H,30,31,32)(H,33,34,35). The highest BCUT2D eigenvalue weighted by Gasteiger charge is 2.28. The summed E-state index contributed by atoms with van der Waals surface area (Å²) in [5.74, 6) is 0.322. The first-order chi connectivity index (χ1) is 17.3. The summed E-state index contributed by atoms with van der Waals surface area (Å²) in [6, 6.07) is 21.5. The quantitative estimate of drug-likeness (QED) is 0.254. The molecule has 0 bridgehead atoms. The van der Waals surface area contributed by atoms with Crippen LogP contribution in [0.4, 0.5) is 11.6 Å². The van der Waals surface area contributed by atoms with Crippen molar-refractivity contribution >= 4 is 45.0 Å². The number of anilines is 2. The van der Waals surface area contributed by atoms with Crippen molar-refractivity contribution in [2.75, 3.05) is 11.1 Å². The highest BCUT2D eigenvalue weighted by molar-refractivity contribution is 7.85. The molecule has 2 N–H and O–H groups in total. The second kappa shape index (κ2) is 10.2. The zero-order chi connectivity index (χ0) is 25.3. The van der Waals surface area contributed by atoms with Gasteiger partial charge in [-0.25, -0.2) is 9.97 Å². The van der Waals surface area contributed by atoms with Crippen molar-refractivity contribution in [3.8, 4) is 11.3 Å². The van der Waals surface area contributed by atoms with Crippen LogP contribution in [0, 0.1) is 0 Å². The van der Waals surface area contributed by atoms with E-state index >= 15 is 0 Å². The van der Waals surface area contributed by atoms with Crippen LogP contribution in [0.3, 0.4) is 0 Å². The summed E-state index contributed by atoms with van der Waals surface area (Å²) < 4.78 is 30.7. The van der Waals surface area contributed by atoms with E-state index in [1.807, 2.05) is 54.7 Å². The number of rotatable bonds is 7. The average molecular weight is 540 g/mol. The molecular formula is C27H23Cl2N3O3S. The monoisotopic (exact) mass is 539 g/mol. The van der Waals surface area contributed by atoms with Crippen LogP contribution in [0.25, 0.3) is 11.3 Å². The third kappa shape index (κ3) is 5.55. The van der Waals surface area contributed by atoms with Crippen molar-refractivity contribution in [2.24, 2.45) is 0 Å². The van der Waals surface area contributed by atoms with Gasteiger partial charge in [0, 0.05) is 33.4 Å². The molecule has 1 atom stereocenters. The van der Waals surface area contributed by atoms with E-state index < -0.39 is 10.1 Å². The number of benzene rings is 3. The van der Waals surface area contributed by atoms with Crippen molar-refractivity contribution in [1.29, 1.82) is 0 Å². The zero-order valence-electron chi connectivity index (χ0n) is 19.2. The van der Waals surface area contributed by atoms with Crippen LogP contribution in [-0.2, 0) is 23.0 Å². The van der Waals surface area contributed by atoms with Gasteiger partial charge in [0.1, 0.15) is 0 Å². The minimum absolute atomic E-state index is 0.0780. The number of nitrogens with one attached hydrogen (secondary N) is 1. The predicted octanol–water partition coefficient (Wildman–Crippen LogP) is 6.70. The number of halogens is 2. The van der Waals surface area contributed by atoms with E-state index in [4.69, 9.17) is 32.7 Å². The maximum absolute atomic E-state index is 10.9. The first kappa shape index (κ1) is 24.7. The summed E-state index contributed by atoms with van der Waals surface area (Å²) in [5, 5.41) is 4.51. The minimum Gasteiger partial charge on any atom is -0.324 e. The van der Waals surface area contributed by atoms with Crippen molar-refractivity contribution in [2.45, 2.75) is 25.2 Å². The van der Waals surface area contributed by atoms with Gasteiger partial charge in [-0.3, -0.25) is 4.55 Å². The third-order valence-electron chi connectivity index (χ3n) is 6.30. The fourth-order valence-electron chi connectivity index (χ4n) is 4.60. The van der Waals surface area contributed by atoms with Gasteiger partial charge in [-0.1, -0.05) is 65.7 Å². The van der Waals surface area contributed by atoms with Gasteiger partial charge < -0.3 is 5.32 Å². The van der Waals surface area contributed by atoms with E-state index in [9.17, 15) is 8.42 Å². The molecule has 184 valence electrons. The Kier molecular flexibility index (Phi) is 6.99. The third-order valence-corrected chi connectivity index (χ3v) is 7.66. The van der Waals surface area contributed by atoms with E-state index in [-0.39, 0.29) is 11.7 Å². The molecule has 0 fully saturated rings. The van der Waals surface area contributed by atoms with Gasteiger partial charge >= 0.3 is 0 Å². The van der Waals surface area contributed by atoms with E-state index in [1.54, 1.807) is 6.07 Å². The molecule has 36 heavy (non-hydrogen) atoms. The fourth-order valence-corrected chi connectivity index (χ4v) is 5.65. The molecule has 1 aromatic heterocycles. The number of nitrogens with zero attached hydrogens (tertiary/aromatic N) is 2. The number of hydrogen-bond acceptors (Lipinski definition) is 5. The molecule has 0 saturated carbocycles. The zero-order valence-corrected chi connectivity index (χ0v) is 21.5. The average Bonchev–Trinajstić information content (AvgIpc) is 2.84. The van der Waals surface area contributed by atoms with Crippen LogP contribution >= 0.6 is 23.2 Å². The number of aryl methyl sites for hydroxylation is 1. The first-order valence-electron chi connectivity index (χ1n) is 11.5. The molecule has 1 unspecified atom stereocenters. The molecule has 9 heteroatoms. The van der Waals surface area contributed by atoms with Gasteiger partial charge in [0.25, 0.3) is 10.1 Å². The minimum atomic E-state index is -3.94. The molecule has 0 saturated heterocycles. The lowest BCUT2D eigenvalue weighted by Crippen LogP contribution is -2.15. The second-order valence-electron chi connectivity index (χ2n) is 8.79. The van der Waals surface area contributed by atoms with Gasteiger partial charge in [0.15, 0.2) is 0 Å². The molecule has 1 aliphatic carbocycles. The lowest BCUT2D eigenvalue weighted by Gasteiger charge is -2.28. The van der Waals surface area contributed by atoms with Crippen LogP contribution in [0.5, 0.6) is 0 Å².